The highest BCUT2D eigenvalue weighted by Gasteiger charge is 2.43. The molecule has 1 aliphatic rings. The molecule has 168 valence electrons. The minimum atomic E-state index is -4.78. The zero-order chi connectivity index (χ0) is 23.2. The molecule has 1 saturated carbocycles. The maximum Gasteiger partial charge on any atom is 0.436 e. The summed E-state index contributed by atoms with van der Waals surface area (Å²) >= 11 is 6.73. The number of thiophene rings is 1. The van der Waals surface area contributed by atoms with Gasteiger partial charge in [0.05, 0.1) is 28.3 Å². The lowest BCUT2D eigenvalue weighted by Gasteiger charge is -2.16. The Morgan fingerprint density at radius 3 is 2.45 bits per heavy atom. The highest BCUT2D eigenvalue weighted by Crippen LogP contribution is 2.47. The third-order valence-corrected chi connectivity index (χ3v) is 6.46. The van der Waals surface area contributed by atoms with Crippen LogP contribution in [0.15, 0.2) is 0 Å². The van der Waals surface area contributed by atoms with Crippen molar-refractivity contribution >= 4 is 45.7 Å². The number of amides is 2. The van der Waals surface area contributed by atoms with Crippen LogP contribution in [0.5, 0.6) is 0 Å². The van der Waals surface area contributed by atoms with Crippen molar-refractivity contribution in [1.82, 2.24) is 9.78 Å². The van der Waals surface area contributed by atoms with Gasteiger partial charge < -0.3 is 15.8 Å². The molecule has 8 nitrogen and oxygen atoms in total. The van der Waals surface area contributed by atoms with Crippen molar-refractivity contribution in [3.63, 3.8) is 0 Å². The fourth-order valence-corrected chi connectivity index (χ4v) is 4.57. The van der Waals surface area contributed by atoms with Crippen LogP contribution in [-0.2, 0) is 15.7 Å². The van der Waals surface area contributed by atoms with Gasteiger partial charge in [0, 0.05) is 5.92 Å². The summed E-state index contributed by atoms with van der Waals surface area (Å²) in [5, 5.41) is 5.52. The predicted octanol–water partition coefficient (Wildman–Crippen LogP) is 3.89. The number of nitrogens with two attached hydrogens (primary N) is 1. The van der Waals surface area contributed by atoms with Gasteiger partial charge in [-0.25, -0.2) is 4.79 Å². The van der Waals surface area contributed by atoms with E-state index in [0.717, 1.165) is 23.1 Å². The molecule has 0 saturated heterocycles. The van der Waals surface area contributed by atoms with Gasteiger partial charge in [-0.2, -0.15) is 18.3 Å². The molecule has 3 rings (SSSR count). The van der Waals surface area contributed by atoms with Crippen molar-refractivity contribution < 1.29 is 32.3 Å². The summed E-state index contributed by atoms with van der Waals surface area (Å²) in [4.78, 5) is 36.7. The number of halogens is 4. The fourth-order valence-electron chi connectivity index (χ4n) is 3.14. The van der Waals surface area contributed by atoms with Crippen LogP contribution in [0.4, 0.5) is 18.2 Å². The second-order valence-corrected chi connectivity index (χ2v) is 8.44. The van der Waals surface area contributed by atoms with Gasteiger partial charge in [-0.15, -0.1) is 11.3 Å². The van der Waals surface area contributed by atoms with E-state index < -0.39 is 40.7 Å². The molecule has 31 heavy (non-hydrogen) atoms. The second kappa shape index (κ2) is 8.15. The predicted molar refractivity (Wildman–Crippen MR) is 106 cm³/mol. The first-order chi connectivity index (χ1) is 14.4. The first-order valence-electron chi connectivity index (χ1n) is 9.05. The van der Waals surface area contributed by atoms with Gasteiger partial charge in [-0.1, -0.05) is 11.6 Å². The number of methoxy groups -OCH3 is 1. The molecule has 0 aromatic carbocycles. The molecule has 2 heterocycles. The smallest absolute Gasteiger partial charge is 0.436 e. The average Bonchev–Trinajstić information content (AvgIpc) is 3.37. The number of rotatable bonds is 6. The van der Waals surface area contributed by atoms with E-state index in [4.69, 9.17) is 22.1 Å². The quantitative estimate of drug-likeness (QED) is 0.611. The number of carbonyl (C=O) groups excluding carboxylic acids is 3. The Bertz CT molecular complexity index is 1080. The van der Waals surface area contributed by atoms with Gasteiger partial charge in [0.15, 0.2) is 5.69 Å². The number of carbonyl (C=O) groups is 3. The maximum atomic E-state index is 13.3. The number of hydrogen-bond donors (Lipinski definition) is 2. The Morgan fingerprint density at radius 1 is 1.35 bits per heavy atom. The van der Waals surface area contributed by atoms with E-state index >= 15 is 0 Å². The van der Waals surface area contributed by atoms with E-state index in [1.807, 2.05) is 0 Å². The number of hydrogen-bond acceptors (Lipinski definition) is 6. The minimum absolute atomic E-state index is 0.00253. The number of nitrogens with zero attached hydrogens (tertiary/aromatic N) is 2. The van der Waals surface area contributed by atoms with Crippen LogP contribution in [0.2, 0.25) is 5.02 Å². The van der Waals surface area contributed by atoms with Gasteiger partial charge in [0.1, 0.15) is 11.0 Å². The number of primary amides is 1. The third-order valence-electron chi connectivity index (χ3n) is 4.86. The largest absolute Gasteiger partial charge is 0.465 e. The summed E-state index contributed by atoms with van der Waals surface area (Å²) in [5.74, 6) is -2.57. The highest BCUT2D eigenvalue weighted by molar-refractivity contribution is 7.18. The summed E-state index contributed by atoms with van der Waals surface area (Å²) in [6.45, 7) is 2.83. The summed E-state index contributed by atoms with van der Waals surface area (Å²) < 4.78 is 45.5. The molecular weight excluding hydrogens is 461 g/mol. The van der Waals surface area contributed by atoms with Gasteiger partial charge in [-0.3, -0.25) is 14.3 Å². The van der Waals surface area contributed by atoms with Crippen LogP contribution in [-0.4, -0.2) is 34.7 Å². The number of anilines is 1. The van der Waals surface area contributed by atoms with E-state index in [-0.39, 0.29) is 32.6 Å². The Kier molecular flexibility index (Phi) is 6.07. The molecule has 13 heteroatoms. The molecule has 0 spiro atoms. The zero-order valence-corrected chi connectivity index (χ0v) is 18.2. The SMILES string of the molecule is COC(=O)c1c(NC(=O)C(C)n2nc(C(F)(F)F)c(Cl)c2C2CC2)sc(C(N)=O)c1C. The molecule has 0 aliphatic heterocycles. The summed E-state index contributed by atoms with van der Waals surface area (Å²) in [6, 6.07) is -1.19. The van der Waals surface area contributed by atoms with Crippen molar-refractivity contribution in [3.8, 4) is 0 Å². The van der Waals surface area contributed by atoms with Gasteiger partial charge in [-0.05, 0) is 32.3 Å². The molecule has 1 aliphatic carbocycles. The van der Waals surface area contributed by atoms with Crippen LogP contribution in [0.1, 0.15) is 68.7 Å². The van der Waals surface area contributed by atoms with E-state index in [9.17, 15) is 27.6 Å². The van der Waals surface area contributed by atoms with Crippen molar-refractivity contribution in [2.24, 2.45) is 5.73 Å². The first-order valence-corrected chi connectivity index (χ1v) is 10.2. The average molecular weight is 479 g/mol. The molecule has 1 fully saturated rings. The Balaban J connectivity index is 1.98. The monoisotopic (exact) mass is 478 g/mol. The van der Waals surface area contributed by atoms with Crippen LogP contribution in [0.25, 0.3) is 0 Å². The topological polar surface area (TPSA) is 116 Å². The van der Waals surface area contributed by atoms with Crippen LogP contribution < -0.4 is 11.1 Å². The van der Waals surface area contributed by atoms with Gasteiger partial charge >= 0.3 is 12.1 Å². The molecule has 2 amide bonds. The fraction of sp³-hybridized carbons (Fsp3) is 0.444. The lowest BCUT2D eigenvalue weighted by atomic mass is 10.1. The van der Waals surface area contributed by atoms with E-state index in [2.05, 4.69) is 10.4 Å². The van der Waals surface area contributed by atoms with E-state index in [0.29, 0.717) is 12.8 Å². The molecule has 0 bridgehead atoms. The molecule has 2 aromatic rings. The third kappa shape index (κ3) is 4.26. The van der Waals surface area contributed by atoms with Gasteiger partial charge in [0.2, 0.25) is 5.91 Å². The van der Waals surface area contributed by atoms with Crippen molar-refractivity contribution in [1.29, 1.82) is 0 Å². The molecular formula is C18H18ClF3N4O4S. The summed E-state index contributed by atoms with van der Waals surface area (Å²) in [6.07, 6.45) is -3.51. The van der Waals surface area contributed by atoms with Crippen molar-refractivity contribution in [2.45, 2.75) is 44.8 Å². The summed E-state index contributed by atoms with van der Waals surface area (Å²) in [7, 11) is 1.13. The highest BCUT2D eigenvalue weighted by atomic mass is 35.5. The molecule has 1 atom stereocenters. The lowest BCUT2D eigenvalue weighted by Crippen LogP contribution is -2.26. The van der Waals surface area contributed by atoms with E-state index in [1.165, 1.54) is 13.8 Å². The molecule has 0 radical (unpaired) electrons. The normalized spacial score (nSPS) is 14.9. The Labute approximate surface area is 183 Å². The van der Waals surface area contributed by atoms with Crippen molar-refractivity contribution in [2.75, 3.05) is 12.4 Å². The Morgan fingerprint density at radius 2 is 1.97 bits per heavy atom. The maximum absolute atomic E-state index is 13.3. The number of nitrogens with one attached hydrogen (secondary N) is 1. The molecule has 2 aromatic heterocycles. The van der Waals surface area contributed by atoms with Crippen LogP contribution >= 0.6 is 22.9 Å². The molecule has 3 N–H and O–H groups in total. The lowest BCUT2D eigenvalue weighted by molar-refractivity contribution is -0.141. The first kappa shape index (κ1) is 23.1. The van der Waals surface area contributed by atoms with Crippen LogP contribution in [0, 0.1) is 6.92 Å². The zero-order valence-electron chi connectivity index (χ0n) is 16.6. The van der Waals surface area contributed by atoms with E-state index in [1.54, 1.807) is 0 Å². The summed E-state index contributed by atoms with van der Waals surface area (Å²) in [5.41, 5.74) is 4.37. The van der Waals surface area contributed by atoms with Crippen LogP contribution in [0.3, 0.4) is 0 Å². The standard InChI is InChI=1S/C18H18ClF3N4O4S/c1-6-9(17(29)30-3)16(31-12(6)14(23)27)24-15(28)7(2)26-11(8-4-5-8)10(19)13(25-26)18(20,21)22/h7-8H,4-5H2,1-3H3,(H2,23,27)(H,24,28). The Hall–Kier alpha value is -2.60. The second-order valence-electron chi connectivity index (χ2n) is 7.05. The molecule has 1 unspecified atom stereocenters. The number of ether oxygens (including phenoxy) is 1. The number of alkyl halides is 3. The van der Waals surface area contributed by atoms with Crippen molar-refractivity contribution in [3.05, 3.63) is 32.4 Å². The minimum Gasteiger partial charge on any atom is -0.465 e. The number of aromatic nitrogens is 2. The number of esters is 1. The van der Waals surface area contributed by atoms with Gasteiger partial charge in [0.25, 0.3) is 5.91 Å².